The van der Waals surface area contributed by atoms with Gasteiger partial charge in [-0.2, -0.15) is 13.2 Å². The number of benzene rings is 1. The minimum atomic E-state index is -4.48. The molecule has 0 saturated carbocycles. The minimum absolute atomic E-state index is 0.0529. The van der Waals surface area contributed by atoms with Gasteiger partial charge in [0, 0.05) is 29.4 Å². The predicted molar refractivity (Wildman–Crippen MR) is 85.6 cm³/mol. The fourth-order valence-electron chi connectivity index (χ4n) is 2.44. The molecule has 2 aromatic heterocycles. The number of aromatic nitrogens is 2. The highest BCUT2D eigenvalue weighted by molar-refractivity contribution is 7.79. The molecular formula is C16H11F3N2O3S. The highest BCUT2D eigenvalue weighted by atomic mass is 32.2. The Balaban J connectivity index is 2.21. The second-order valence-corrected chi connectivity index (χ2v) is 5.98. The third-order valence-corrected chi connectivity index (χ3v) is 4.18. The van der Waals surface area contributed by atoms with Gasteiger partial charge in [0.2, 0.25) is 11.1 Å². The zero-order chi connectivity index (χ0) is 18.2. The molecule has 0 aliphatic carbocycles. The summed E-state index contributed by atoms with van der Waals surface area (Å²) >= 11 is -2.26. The van der Waals surface area contributed by atoms with Crippen molar-refractivity contribution in [1.29, 1.82) is 0 Å². The molecule has 0 radical (unpaired) electrons. The Labute approximate surface area is 142 Å². The van der Waals surface area contributed by atoms with Gasteiger partial charge >= 0.3 is 6.18 Å². The van der Waals surface area contributed by atoms with Crippen molar-refractivity contribution in [2.75, 3.05) is 7.11 Å². The second kappa shape index (κ2) is 6.41. The van der Waals surface area contributed by atoms with Crippen molar-refractivity contribution in [3.63, 3.8) is 0 Å². The summed E-state index contributed by atoms with van der Waals surface area (Å²) in [6, 6.07) is 6.17. The molecule has 0 aliphatic rings. The van der Waals surface area contributed by atoms with Crippen LogP contribution < -0.4 is 4.74 Å². The second-order valence-electron chi connectivity index (χ2n) is 5.06. The zero-order valence-electron chi connectivity index (χ0n) is 12.7. The maximum Gasteiger partial charge on any atom is 0.416 e. The van der Waals surface area contributed by atoms with Gasteiger partial charge in [0.1, 0.15) is 5.75 Å². The molecular weight excluding hydrogens is 357 g/mol. The zero-order valence-corrected chi connectivity index (χ0v) is 13.6. The summed E-state index contributed by atoms with van der Waals surface area (Å²) in [4.78, 5) is 8.01. The van der Waals surface area contributed by atoms with Crippen molar-refractivity contribution < 1.29 is 26.7 Å². The van der Waals surface area contributed by atoms with E-state index >= 15 is 0 Å². The number of ether oxygens (including phenoxy) is 1. The van der Waals surface area contributed by atoms with Gasteiger partial charge in [-0.1, -0.05) is 6.07 Å². The smallest absolute Gasteiger partial charge is 0.416 e. The number of nitrogens with zero attached hydrogens (tertiary/aromatic N) is 2. The molecule has 1 aromatic carbocycles. The summed E-state index contributed by atoms with van der Waals surface area (Å²) in [6.07, 6.45) is -1.66. The van der Waals surface area contributed by atoms with E-state index in [1.165, 1.54) is 31.6 Å². The highest BCUT2D eigenvalue weighted by Gasteiger charge is 2.31. The lowest BCUT2D eigenvalue weighted by molar-refractivity contribution is -0.137. The Morgan fingerprint density at radius 1 is 1.12 bits per heavy atom. The van der Waals surface area contributed by atoms with Crippen LogP contribution >= 0.6 is 0 Å². The molecule has 9 heteroatoms. The number of rotatable bonds is 3. The van der Waals surface area contributed by atoms with E-state index in [0.29, 0.717) is 22.0 Å². The van der Waals surface area contributed by atoms with Crippen molar-refractivity contribution in [2.24, 2.45) is 0 Å². The van der Waals surface area contributed by atoms with Crippen LogP contribution in [0.2, 0.25) is 0 Å². The molecule has 0 bridgehead atoms. The lowest BCUT2D eigenvalue weighted by Gasteiger charge is -2.14. The van der Waals surface area contributed by atoms with Crippen LogP contribution in [-0.2, 0) is 17.3 Å². The van der Waals surface area contributed by atoms with E-state index in [1.807, 2.05) is 0 Å². The standard InChI is InChI=1S/C16H11F3N2O3S/c1-24-14-6-9(16(17,18)19)2-3-11(14)10-4-5-20-13-7-15(25(22)23)21-8-12(10)13/h2-8H,1H3,(H,22,23). The molecule has 1 unspecified atom stereocenters. The SMILES string of the molecule is COc1cc(C(F)(F)F)ccc1-c1ccnc2cc(S(=O)O)ncc12. The molecule has 1 atom stereocenters. The fraction of sp³-hybridized carbons (Fsp3) is 0.125. The number of fused-ring (bicyclic) bond motifs is 1. The summed E-state index contributed by atoms with van der Waals surface area (Å²) in [5.41, 5.74) is 0.565. The molecule has 0 saturated heterocycles. The Kier molecular flexibility index (Phi) is 4.44. The summed E-state index contributed by atoms with van der Waals surface area (Å²) in [7, 11) is 1.29. The minimum Gasteiger partial charge on any atom is -0.496 e. The van der Waals surface area contributed by atoms with E-state index in [1.54, 1.807) is 6.07 Å². The quantitative estimate of drug-likeness (QED) is 0.710. The first kappa shape index (κ1) is 17.3. The van der Waals surface area contributed by atoms with Gasteiger partial charge in [-0.15, -0.1) is 0 Å². The number of hydrogen-bond donors (Lipinski definition) is 1. The summed E-state index contributed by atoms with van der Waals surface area (Å²) < 4.78 is 64.0. The van der Waals surface area contributed by atoms with Crippen molar-refractivity contribution in [2.45, 2.75) is 11.2 Å². The summed E-state index contributed by atoms with van der Waals surface area (Å²) in [5.74, 6) is 0.0529. The average molecular weight is 368 g/mol. The highest BCUT2D eigenvalue weighted by Crippen LogP contribution is 2.39. The van der Waals surface area contributed by atoms with Gasteiger partial charge in [0.15, 0.2) is 5.03 Å². The Morgan fingerprint density at radius 2 is 1.88 bits per heavy atom. The number of methoxy groups -OCH3 is 1. The van der Waals surface area contributed by atoms with E-state index in [2.05, 4.69) is 9.97 Å². The van der Waals surface area contributed by atoms with Crippen LogP contribution in [0.15, 0.2) is 47.8 Å². The van der Waals surface area contributed by atoms with Crippen molar-refractivity contribution in [3.05, 3.63) is 48.3 Å². The molecule has 2 heterocycles. The third-order valence-electron chi connectivity index (χ3n) is 3.60. The molecule has 25 heavy (non-hydrogen) atoms. The van der Waals surface area contributed by atoms with Gasteiger partial charge in [-0.3, -0.25) is 4.98 Å². The van der Waals surface area contributed by atoms with Crippen LogP contribution in [0.25, 0.3) is 22.0 Å². The van der Waals surface area contributed by atoms with Crippen LogP contribution in [0, 0.1) is 0 Å². The van der Waals surface area contributed by atoms with Gasteiger partial charge in [0.25, 0.3) is 0 Å². The van der Waals surface area contributed by atoms with Gasteiger partial charge < -0.3 is 9.29 Å². The topological polar surface area (TPSA) is 72.3 Å². The molecule has 1 N–H and O–H groups in total. The number of hydrogen-bond acceptors (Lipinski definition) is 4. The van der Waals surface area contributed by atoms with E-state index in [-0.39, 0.29) is 10.8 Å². The van der Waals surface area contributed by atoms with Crippen LogP contribution in [0.5, 0.6) is 5.75 Å². The monoisotopic (exact) mass is 368 g/mol. The molecule has 5 nitrogen and oxygen atoms in total. The van der Waals surface area contributed by atoms with E-state index < -0.39 is 22.8 Å². The Hall–Kier alpha value is -2.52. The predicted octanol–water partition coefficient (Wildman–Crippen LogP) is 3.90. The fourth-order valence-corrected chi connectivity index (χ4v) is 2.80. The molecule has 0 amide bonds. The normalized spacial score (nSPS) is 13.0. The molecule has 0 fully saturated rings. The van der Waals surface area contributed by atoms with Gasteiger partial charge in [-0.05, 0) is 23.8 Å². The van der Waals surface area contributed by atoms with Crippen molar-refractivity contribution in [1.82, 2.24) is 9.97 Å². The molecule has 3 rings (SSSR count). The summed E-state index contributed by atoms with van der Waals surface area (Å²) in [5, 5.41) is 0.464. The lowest BCUT2D eigenvalue weighted by Crippen LogP contribution is -2.05. The average Bonchev–Trinajstić information content (AvgIpc) is 2.59. The molecule has 0 spiro atoms. The number of halogens is 3. The molecule has 0 aliphatic heterocycles. The van der Waals surface area contributed by atoms with Crippen LogP contribution in [-0.4, -0.2) is 25.8 Å². The van der Waals surface area contributed by atoms with Crippen LogP contribution in [0.3, 0.4) is 0 Å². The maximum atomic E-state index is 12.9. The van der Waals surface area contributed by atoms with Gasteiger partial charge in [-0.25, -0.2) is 9.19 Å². The van der Waals surface area contributed by atoms with Gasteiger partial charge in [0.05, 0.1) is 18.2 Å². The third kappa shape index (κ3) is 3.33. The molecule has 130 valence electrons. The van der Waals surface area contributed by atoms with Crippen molar-refractivity contribution >= 4 is 22.0 Å². The maximum absolute atomic E-state index is 12.9. The van der Waals surface area contributed by atoms with Crippen molar-refractivity contribution in [3.8, 4) is 16.9 Å². The molecule has 3 aromatic rings. The van der Waals surface area contributed by atoms with Crippen LogP contribution in [0.1, 0.15) is 5.56 Å². The first-order valence-electron chi connectivity index (χ1n) is 6.92. The van der Waals surface area contributed by atoms with Crippen LogP contribution in [0.4, 0.5) is 13.2 Å². The van der Waals surface area contributed by atoms with E-state index in [4.69, 9.17) is 9.29 Å². The Bertz CT molecular complexity index is 976. The lowest BCUT2D eigenvalue weighted by atomic mass is 10.00. The summed E-state index contributed by atoms with van der Waals surface area (Å²) in [6.45, 7) is 0. The number of pyridine rings is 2. The van der Waals surface area contributed by atoms with E-state index in [9.17, 15) is 17.4 Å². The Morgan fingerprint density at radius 3 is 2.52 bits per heavy atom. The largest absolute Gasteiger partial charge is 0.496 e. The first-order chi connectivity index (χ1) is 11.8. The first-order valence-corrected chi connectivity index (χ1v) is 8.03. The van der Waals surface area contributed by atoms with E-state index in [0.717, 1.165) is 12.1 Å². The number of alkyl halides is 3.